The fraction of sp³-hybridized carbons (Fsp3) is 0. The minimum absolute atomic E-state index is 0.327. The summed E-state index contributed by atoms with van der Waals surface area (Å²) in [6.07, 6.45) is 13.5. The number of hydrogen-bond donors (Lipinski definition) is 0. The van der Waals surface area contributed by atoms with Crippen LogP contribution in [0.25, 0.3) is 36.5 Å². The molecule has 0 spiro atoms. The van der Waals surface area contributed by atoms with Crippen LogP contribution in [0, 0.1) is 5.82 Å². The van der Waals surface area contributed by atoms with Crippen LogP contribution in [-0.2, 0) is 9.59 Å². The molecule has 0 unspecified atom stereocenters. The number of halogens is 1. The van der Waals surface area contributed by atoms with Gasteiger partial charge in [-0.15, -0.1) is 0 Å². The lowest BCUT2D eigenvalue weighted by molar-refractivity contribution is -0.129. The molecule has 0 fully saturated rings. The highest BCUT2D eigenvalue weighted by atomic mass is 19.1. The molecule has 0 aliphatic heterocycles. The number of carbonyl (C=O) groups is 2. The first-order valence-corrected chi connectivity index (χ1v) is 12.7. The van der Waals surface area contributed by atoms with Crippen LogP contribution in [0.15, 0.2) is 116 Å². The van der Waals surface area contributed by atoms with E-state index in [0.29, 0.717) is 17.1 Å². The second-order valence-corrected chi connectivity index (χ2v) is 8.84. The minimum atomic E-state index is -0.523. The van der Waals surface area contributed by atoms with Crippen molar-refractivity contribution >= 4 is 48.4 Å². The fourth-order valence-electron chi connectivity index (χ4n) is 3.68. The van der Waals surface area contributed by atoms with Crippen molar-refractivity contribution in [1.82, 2.24) is 0 Å². The summed E-state index contributed by atoms with van der Waals surface area (Å²) in [6, 6.07) is 27.1. The van der Waals surface area contributed by atoms with Gasteiger partial charge < -0.3 is 9.47 Å². The van der Waals surface area contributed by atoms with Gasteiger partial charge in [-0.1, -0.05) is 110 Å². The molecular weight excluding hydrogens is 515 g/mol. The van der Waals surface area contributed by atoms with Crippen molar-refractivity contribution in [3.63, 3.8) is 0 Å². The van der Waals surface area contributed by atoms with Crippen molar-refractivity contribution in [2.45, 2.75) is 0 Å². The standard InChI is InChI=1S/C36H27FO4/c1-3-35(38)40-32-21-15-28(16-22-32)10-9-26-5-7-27(8-6-26)11-12-30-14-20-31(34(37)25-30)19-13-29-17-23-33(24-18-29)41-36(39)4-2/h3-25H,1-2H2/b10-9+,12-11+,19-13+. The molecule has 0 N–H and O–H groups in total. The molecule has 4 aromatic carbocycles. The van der Waals surface area contributed by atoms with Crippen LogP contribution < -0.4 is 9.47 Å². The van der Waals surface area contributed by atoms with Gasteiger partial charge >= 0.3 is 11.9 Å². The third-order valence-electron chi connectivity index (χ3n) is 5.88. The molecule has 0 aliphatic rings. The first-order valence-electron chi connectivity index (χ1n) is 12.7. The van der Waals surface area contributed by atoms with Crippen molar-refractivity contribution in [3.05, 3.63) is 156 Å². The summed E-state index contributed by atoms with van der Waals surface area (Å²) in [6.45, 7) is 6.75. The quantitative estimate of drug-likeness (QED) is 0.0872. The maximum atomic E-state index is 14.7. The Balaban J connectivity index is 1.33. The molecule has 202 valence electrons. The zero-order valence-electron chi connectivity index (χ0n) is 22.2. The predicted octanol–water partition coefficient (Wildman–Crippen LogP) is 8.52. The zero-order valence-corrected chi connectivity index (χ0v) is 22.2. The van der Waals surface area contributed by atoms with Crippen LogP contribution >= 0.6 is 0 Å². The normalized spacial score (nSPS) is 11.1. The van der Waals surface area contributed by atoms with Crippen LogP contribution in [-0.4, -0.2) is 11.9 Å². The monoisotopic (exact) mass is 542 g/mol. The largest absolute Gasteiger partial charge is 0.423 e. The Kier molecular flexibility index (Phi) is 9.73. The predicted molar refractivity (Wildman–Crippen MR) is 164 cm³/mol. The van der Waals surface area contributed by atoms with Crippen LogP contribution in [0.2, 0.25) is 0 Å². The van der Waals surface area contributed by atoms with Crippen molar-refractivity contribution in [2.24, 2.45) is 0 Å². The van der Waals surface area contributed by atoms with E-state index in [-0.39, 0.29) is 5.82 Å². The molecule has 4 nitrogen and oxygen atoms in total. The van der Waals surface area contributed by atoms with E-state index in [1.165, 1.54) is 6.07 Å². The summed E-state index contributed by atoms with van der Waals surface area (Å²) in [4.78, 5) is 22.5. The Hall–Kier alpha value is -5.55. The lowest BCUT2D eigenvalue weighted by Crippen LogP contribution is -2.02. The molecule has 0 radical (unpaired) electrons. The molecule has 0 saturated carbocycles. The Morgan fingerprint density at radius 1 is 0.512 bits per heavy atom. The second-order valence-electron chi connectivity index (χ2n) is 8.84. The Morgan fingerprint density at radius 3 is 1.24 bits per heavy atom. The maximum absolute atomic E-state index is 14.7. The molecule has 0 amide bonds. The fourth-order valence-corrected chi connectivity index (χ4v) is 3.68. The third-order valence-corrected chi connectivity index (χ3v) is 5.88. The number of hydrogen-bond acceptors (Lipinski definition) is 4. The number of ether oxygens (including phenoxy) is 2. The summed E-state index contributed by atoms with van der Waals surface area (Å²) < 4.78 is 24.8. The van der Waals surface area contributed by atoms with Gasteiger partial charge in [-0.05, 0) is 58.1 Å². The molecule has 41 heavy (non-hydrogen) atoms. The highest BCUT2D eigenvalue weighted by molar-refractivity contribution is 5.84. The van der Waals surface area contributed by atoms with Crippen molar-refractivity contribution in [3.8, 4) is 11.5 Å². The highest BCUT2D eigenvalue weighted by Crippen LogP contribution is 2.19. The topological polar surface area (TPSA) is 52.6 Å². The number of benzene rings is 4. The van der Waals surface area contributed by atoms with Gasteiger partial charge in [-0.3, -0.25) is 0 Å². The first-order chi connectivity index (χ1) is 19.9. The van der Waals surface area contributed by atoms with E-state index in [9.17, 15) is 14.0 Å². The molecule has 0 aliphatic carbocycles. The van der Waals surface area contributed by atoms with Gasteiger partial charge in [-0.25, -0.2) is 14.0 Å². The van der Waals surface area contributed by atoms with Gasteiger partial charge in [0.2, 0.25) is 0 Å². The van der Waals surface area contributed by atoms with E-state index in [2.05, 4.69) is 13.2 Å². The Bertz CT molecular complexity index is 1630. The van der Waals surface area contributed by atoms with Crippen molar-refractivity contribution in [1.29, 1.82) is 0 Å². The molecule has 5 heteroatoms. The zero-order chi connectivity index (χ0) is 29.0. The average Bonchev–Trinajstić information content (AvgIpc) is 3.00. The van der Waals surface area contributed by atoms with Gasteiger partial charge in [-0.2, -0.15) is 0 Å². The van der Waals surface area contributed by atoms with Gasteiger partial charge in [0, 0.05) is 17.7 Å². The molecule has 0 aromatic heterocycles. The molecule has 0 saturated heterocycles. The molecule has 0 atom stereocenters. The summed E-state index contributed by atoms with van der Waals surface area (Å²) in [5, 5.41) is 0. The number of esters is 2. The smallest absolute Gasteiger partial charge is 0.335 e. The van der Waals surface area contributed by atoms with E-state index in [0.717, 1.165) is 40.0 Å². The Morgan fingerprint density at radius 2 is 0.854 bits per heavy atom. The summed E-state index contributed by atoms with van der Waals surface area (Å²) in [5.41, 5.74) is 5.04. The van der Waals surface area contributed by atoms with Crippen LogP contribution in [0.3, 0.4) is 0 Å². The van der Waals surface area contributed by atoms with Crippen LogP contribution in [0.1, 0.15) is 33.4 Å². The van der Waals surface area contributed by atoms with E-state index in [1.54, 1.807) is 54.6 Å². The maximum Gasteiger partial charge on any atom is 0.335 e. The van der Waals surface area contributed by atoms with Crippen molar-refractivity contribution in [2.75, 3.05) is 0 Å². The second kappa shape index (κ2) is 14.0. The van der Waals surface area contributed by atoms with Gasteiger partial charge in [0.15, 0.2) is 0 Å². The lowest BCUT2D eigenvalue weighted by Gasteiger charge is -2.02. The van der Waals surface area contributed by atoms with Gasteiger partial charge in [0.1, 0.15) is 17.3 Å². The lowest BCUT2D eigenvalue weighted by atomic mass is 10.1. The van der Waals surface area contributed by atoms with E-state index in [4.69, 9.17) is 9.47 Å². The molecule has 0 heterocycles. The molecule has 4 rings (SSSR count). The summed E-state index contributed by atoms with van der Waals surface area (Å²) >= 11 is 0. The number of carbonyl (C=O) groups excluding carboxylic acids is 2. The SMILES string of the molecule is C=CC(=O)Oc1ccc(/C=C/c2ccc(/C=C/c3ccc(/C=C/c4ccc(OC(=O)C=C)cc4)c(F)c3)cc2)cc1. The average molecular weight is 543 g/mol. The van der Waals surface area contributed by atoms with Gasteiger partial charge in [0.05, 0.1) is 0 Å². The first kappa shape index (κ1) is 28.5. The van der Waals surface area contributed by atoms with Crippen LogP contribution in [0.5, 0.6) is 11.5 Å². The molecular formula is C36H27FO4. The van der Waals surface area contributed by atoms with E-state index >= 15 is 0 Å². The van der Waals surface area contributed by atoms with E-state index < -0.39 is 11.9 Å². The summed E-state index contributed by atoms with van der Waals surface area (Å²) in [7, 11) is 0. The van der Waals surface area contributed by atoms with E-state index in [1.807, 2.05) is 66.8 Å². The Labute approximate surface area is 238 Å². The highest BCUT2D eigenvalue weighted by Gasteiger charge is 2.02. The summed E-state index contributed by atoms with van der Waals surface area (Å²) in [5.74, 6) is -0.464. The minimum Gasteiger partial charge on any atom is -0.423 e. The molecule has 4 aromatic rings. The van der Waals surface area contributed by atoms with Gasteiger partial charge in [0.25, 0.3) is 0 Å². The molecule has 0 bridgehead atoms. The van der Waals surface area contributed by atoms with Crippen LogP contribution in [0.4, 0.5) is 4.39 Å². The van der Waals surface area contributed by atoms with Crippen molar-refractivity contribution < 1.29 is 23.5 Å². The third kappa shape index (κ3) is 8.73. The number of rotatable bonds is 10.